The van der Waals surface area contributed by atoms with Gasteiger partial charge in [0.2, 0.25) is 0 Å². The molecule has 4 nitrogen and oxygen atoms in total. The number of amides is 1. The van der Waals surface area contributed by atoms with Crippen LogP contribution in [0.3, 0.4) is 0 Å². The molecule has 0 saturated carbocycles. The van der Waals surface area contributed by atoms with Gasteiger partial charge in [-0.2, -0.15) is 0 Å². The molecule has 1 aromatic carbocycles. The van der Waals surface area contributed by atoms with Gasteiger partial charge in [0.15, 0.2) is 0 Å². The van der Waals surface area contributed by atoms with Crippen LogP contribution >= 0.6 is 0 Å². The van der Waals surface area contributed by atoms with Gasteiger partial charge in [-0.05, 0) is 6.07 Å². The number of fused-ring (bicyclic) bond motifs is 1. The maximum Gasteiger partial charge on any atom is 0.409 e. The van der Waals surface area contributed by atoms with Gasteiger partial charge in [0.25, 0.3) is 0 Å². The molecule has 3 N–H and O–H groups in total. The number of nitrogens with one attached hydrogen (secondary N) is 2. The predicted molar refractivity (Wildman–Crippen MR) is 49.9 cm³/mol. The fourth-order valence-electron chi connectivity index (χ4n) is 1.29. The van der Waals surface area contributed by atoms with Crippen LogP contribution in [0.5, 0.6) is 0 Å². The van der Waals surface area contributed by atoms with Gasteiger partial charge in [0.1, 0.15) is 0 Å². The van der Waals surface area contributed by atoms with E-state index in [1.54, 1.807) is 6.20 Å². The van der Waals surface area contributed by atoms with Gasteiger partial charge in [0, 0.05) is 17.1 Å². The molecule has 0 fully saturated rings. The summed E-state index contributed by atoms with van der Waals surface area (Å²) in [6.45, 7) is 0. The first-order valence-electron chi connectivity index (χ1n) is 3.83. The zero-order valence-electron chi connectivity index (χ0n) is 6.74. The highest BCUT2D eigenvalue weighted by atomic mass is 16.4. The molecule has 4 heteroatoms. The fourth-order valence-corrected chi connectivity index (χ4v) is 1.29. The van der Waals surface area contributed by atoms with Gasteiger partial charge >= 0.3 is 6.09 Å². The highest BCUT2D eigenvalue weighted by molar-refractivity contribution is 5.98. The zero-order chi connectivity index (χ0) is 9.26. The van der Waals surface area contributed by atoms with Crippen molar-refractivity contribution in [3.8, 4) is 0 Å². The van der Waals surface area contributed by atoms with Gasteiger partial charge in [-0.15, -0.1) is 0 Å². The number of rotatable bonds is 1. The number of carbonyl (C=O) groups is 1. The van der Waals surface area contributed by atoms with Crippen LogP contribution < -0.4 is 5.32 Å². The maximum atomic E-state index is 10.4. The second kappa shape index (κ2) is 2.82. The van der Waals surface area contributed by atoms with Crippen molar-refractivity contribution in [2.75, 3.05) is 5.32 Å². The number of carboxylic acid groups (broad SMARTS) is 1. The summed E-state index contributed by atoms with van der Waals surface area (Å²) in [6, 6.07) is 7.51. The molecule has 66 valence electrons. The van der Waals surface area contributed by atoms with Crippen molar-refractivity contribution in [2.45, 2.75) is 0 Å². The van der Waals surface area contributed by atoms with Gasteiger partial charge in [0.05, 0.1) is 5.69 Å². The molecule has 0 aliphatic rings. The number of aromatic nitrogens is 1. The van der Waals surface area contributed by atoms with Crippen LogP contribution in [0.2, 0.25) is 0 Å². The van der Waals surface area contributed by atoms with Crippen LogP contribution in [0.4, 0.5) is 10.5 Å². The summed E-state index contributed by atoms with van der Waals surface area (Å²) in [4.78, 5) is 13.4. The van der Waals surface area contributed by atoms with Crippen LogP contribution in [0.25, 0.3) is 10.9 Å². The van der Waals surface area contributed by atoms with E-state index in [0.717, 1.165) is 10.9 Å². The molecule has 0 bridgehead atoms. The molecule has 1 heterocycles. The molecule has 1 aromatic heterocycles. The SMILES string of the molecule is O=C(O)Nc1c[nH]c2ccccc12. The third kappa shape index (κ3) is 1.33. The van der Waals surface area contributed by atoms with Crippen LogP contribution in [0.15, 0.2) is 30.5 Å². The number of para-hydroxylation sites is 1. The third-order valence-corrected chi connectivity index (χ3v) is 1.83. The normalized spacial score (nSPS) is 10.2. The lowest BCUT2D eigenvalue weighted by Gasteiger charge is -1.96. The van der Waals surface area contributed by atoms with Gasteiger partial charge < -0.3 is 10.1 Å². The molecule has 0 spiro atoms. The Kier molecular flexibility index (Phi) is 1.66. The number of aromatic amines is 1. The summed E-state index contributed by atoms with van der Waals surface area (Å²) in [5.41, 5.74) is 1.51. The molecular formula is C9H8N2O2. The Hall–Kier alpha value is -1.97. The molecular weight excluding hydrogens is 168 g/mol. The highest BCUT2D eigenvalue weighted by Crippen LogP contribution is 2.21. The number of hydrogen-bond donors (Lipinski definition) is 3. The van der Waals surface area contributed by atoms with E-state index in [1.807, 2.05) is 24.3 Å². The summed E-state index contributed by atoms with van der Waals surface area (Å²) in [7, 11) is 0. The largest absolute Gasteiger partial charge is 0.465 e. The van der Waals surface area contributed by atoms with Crippen molar-refractivity contribution in [1.29, 1.82) is 0 Å². The smallest absolute Gasteiger partial charge is 0.409 e. The maximum absolute atomic E-state index is 10.4. The molecule has 0 radical (unpaired) electrons. The lowest BCUT2D eigenvalue weighted by Crippen LogP contribution is -2.06. The predicted octanol–water partition coefficient (Wildman–Crippen LogP) is 2.26. The molecule has 0 atom stereocenters. The summed E-state index contributed by atoms with van der Waals surface area (Å²) >= 11 is 0. The summed E-state index contributed by atoms with van der Waals surface area (Å²) < 4.78 is 0. The van der Waals surface area contributed by atoms with Crippen LogP contribution in [0, 0.1) is 0 Å². The van der Waals surface area contributed by atoms with Crippen molar-refractivity contribution in [3.05, 3.63) is 30.5 Å². The van der Waals surface area contributed by atoms with E-state index in [-0.39, 0.29) is 0 Å². The second-order valence-electron chi connectivity index (χ2n) is 2.68. The first-order chi connectivity index (χ1) is 6.27. The number of benzene rings is 1. The lowest BCUT2D eigenvalue weighted by molar-refractivity contribution is 0.210. The Bertz CT molecular complexity index is 448. The summed E-state index contributed by atoms with van der Waals surface area (Å²) in [6.07, 6.45) is 0.587. The third-order valence-electron chi connectivity index (χ3n) is 1.83. The van der Waals surface area contributed by atoms with Crippen molar-refractivity contribution >= 4 is 22.7 Å². The average molecular weight is 176 g/mol. The Morgan fingerprint density at radius 1 is 1.38 bits per heavy atom. The van der Waals surface area contributed by atoms with Crippen LogP contribution in [0.1, 0.15) is 0 Å². The average Bonchev–Trinajstić information content (AvgIpc) is 2.48. The minimum Gasteiger partial charge on any atom is -0.465 e. The van der Waals surface area contributed by atoms with Crippen molar-refractivity contribution < 1.29 is 9.90 Å². The highest BCUT2D eigenvalue weighted by Gasteiger charge is 2.03. The van der Waals surface area contributed by atoms with E-state index in [1.165, 1.54) is 0 Å². The Balaban J connectivity index is 2.51. The molecule has 2 rings (SSSR count). The van der Waals surface area contributed by atoms with Gasteiger partial charge in [-0.3, -0.25) is 5.32 Å². The number of hydrogen-bond acceptors (Lipinski definition) is 1. The van der Waals surface area contributed by atoms with E-state index in [2.05, 4.69) is 10.3 Å². The van der Waals surface area contributed by atoms with Gasteiger partial charge in [-0.1, -0.05) is 18.2 Å². The first kappa shape index (κ1) is 7.67. The molecule has 1 amide bonds. The standard InChI is InChI=1S/C9H8N2O2/c12-9(13)11-8-5-10-7-4-2-1-3-6(7)8/h1-5,10-11H,(H,12,13). The second-order valence-corrected chi connectivity index (χ2v) is 2.68. The fraction of sp³-hybridized carbons (Fsp3) is 0. The lowest BCUT2D eigenvalue weighted by atomic mass is 10.2. The Morgan fingerprint density at radius 3 is 2.92 bits per heavy atom. The topological polar surface area (TPSA) is 65.1 Å². The van der Waals surface area contributed by atoms with E-state index >= 15 is 0 Å². The number of H-pyrrole nitrogens is 1. The molecule has 0 unspecified atom stereocenters. The minimum absolute atomic E-state index is 0.586. The minimum atomic E-state index is -1.05. The van der Waals surface area contributed by atoms with Gasteiger partial charge in [-0.25, -0.2) is 4.79 Å². The quantitative estimate of drug-likeness (QED) is 0.623. The van der Waals surface area contributed by atoms with Crippen molar-refractivity contribution in [3.63, 3.8) is 0 Å². The zero-order valence-corrected chi connectivity index (χ0v) is 6.74. The van der Waals surface area contributed by atoms with Crippen molar-refractivity contribution in [2.24, 2.45) is 0 Å². The van der Waals surface area contributed by atoms with Crippen molar-refractivity contribution in [1.82, 2.24) is 4.98 Å². The Morgan fingerprint density at radius 2 is 2.15 bits per heavy atom. The van der Waals surface area contributed by atoms with E-state index in [0.29, 0.717) is 5.69 Å². The monoisotopic (exact) mass is 176 g/mol. The summed E-state index contributed by atoms with van der Waals surface area (Å²) in [5, 5.41) is 11.7. The van der Waals surface area contributed by atoms with Crippen LogP contribution in [-0.2, 0) is 0 Å². The van der Waals surface area contributed by atoms with Crippen LogP contribution in [-0.4, -0.2) is 16.2 Å². The molecule has 0 aliphatic heterocycles. The van der Waals surface area contributed by atoms with E-state index in [9.17, 15) is 4.79 Å². The van der Waals surface area contributed by atoms with E-state index < -0.39 is 6.09 Å². The first-order valence-corrected chi connectivity index (χ1v) is 3.83. The summed E-state index contributed by atoms with van der Waals surface area (Å²) in [5.74, 6) is 0. The molecule has 2 aromatic rings. The molecule has 0 saturated heterocycles. The van der Waals surface area contributed by atoms with E-state index in [4.69, 9.17) is 5.11 Å². The Labute approximate surface area is 74.2 Å². The number of anilines is 1. The molecule has 13 heavy (non-hydrogen) atoms. The molecule has 0 aliphatic carbocycles.